The summed E-state index contributed by atoms with van der Waals surface area (Å²) in [5.74, 6) is -0.184. The standard InChI is InChI=1S/C22H24N2O4S/c25-21(23-16-12-13-29(27,28)14-16)19-10-11-20(24-22(19)26)18-9-5-4-8-17(18)15-6-2-1-3-7-15/h1-3,6-7,10-13,16-18H,4-5,8-9,14H2,(H,23,25)(H,24,26). The van der Waals surface area contributed by atoms with Crippen molar-refractivity contribution >= 4 is 15.7 Å². The lowest BCUT2D eigenvalue weighted by atomic mass is 9.74. The molecule has 0 saturated heterocycles. The molecule has 4 rings (SSSR count). The Morgan fingerprint density at radius 2 is 1.72 bits per heavy atom. The Balaban J connectivity index is 1.54. The normalized spacial score (nSPS) is 25.6. The maximum absolute atomic E-state index is 12.6. The number of aromatic amines is 1. The number of hydrogen-bond acceptors (Lipinski definition) is 4. The molecule has 7 heteroatoms. The Morgan fingerprint density at radius 1 is 1.00 bits per heavy atom. The molecule has 29 heavy (non-hydrogen) atoms. The minimum atomic E-state index is -3.27. The molecule has 1 aromatic carbocycles. The third-order valence-electron chi connectivity index (χ3n) is 5.82. The van der Waals surface area contributed by atoms with Gasteiger partial charge in [0.15, 0.2) is 9.84 Å². The van der Waals surface area contributed by atoms with Crippen molar-refractivity contribution < 1.29 is 13.2 Å². The van der Waals surface area contributed by atoms with E-state index in [-0.39, 0.29) is 17.2 Å². The first-order valence-corrected chi connectivity index (χ1v) is 11.6. The van der Waals surface area contributed by atoms with Gasteiger partial charge in [-0.05, 0) is 42.5 Å². The van der Waals surface area contributed by atoms with Gasteiger partial charge >= 0.3 is 0 Å². The highest BCUT2D eigenvalue weighted by Gasteiger charge is 2.29. The van der Waals surface area contributed by atoms with Crippen LogP contribution in [0.1, 0.15) is 59.1 Å². The number of H-pyrrole nitrogens is 1. The van der Waals surface area contributed by atoms with Crippen LogP contribution in [0.4, 0.5) is 0 Å². The highest BCUT2D eigenvalue weighted by atomic mass is 32.2. The minimum Gasteiger partial charge on any atom is -0.345 e. The van der Waals surface area contributed by atoms with Crippen LogP contribution in [0.15, 0.2) is 58.7 Å². The fourth-order valence-electron chi connectivity index (χ4n) is 4.40. The third kappa shape index (κ3) is 4.34. The molecule has 0 radical (unpaired) electrons. The highest BCUT2D eigenvalue weighted by molar-refractivity contribution is 7.94. The van der Waals surface area contributed by atoms with Crippen LogP contribution in [0.3, 0.4) is 0 Å². The number of sulfone groups is 1. The van der Waals surface area contributed by atoms with Gasteiger partial charge in [0.05, 0.1) is 11.8 Å². The van der Waals surface area contributed by atoms with Gasteiger partial charge in [0, 0.05) is 17.0 Å². The van der Waals surface area contributed by atoms with Crippen LogP contribution < -0.4 is 10.9 Å². The number of pyridine rings is 1. The average molecular weight is 413 g/mol. The number of aromatic nitrogens is 1. The van der Waals surface area contributed by atoms with Crippen LogP contribution >= 0.6 is 0 Å². The van der Waals surface area contributed by atoms with Gasteiger partial charge in [0.1, 0.15) is 5.56 Å². The molecule has 1 aliphatic heterocycles. The lowest BCUT2D eigenvalue weighted by Gasteiger charge is -2.32. The summed E-state index contributed by atoms with van der Waals surface area (Å²) in [6.45, 7) is 0. The second-order valence-corrected chi connectivity index (χ2v) is 9.73. The van der Waals surface area contributed by atoms with Crippen LogP contribution in [0, 0.1) is 0 Å². The minimum absolute atomic E-state index is 0.00137. The Morgan fingerprint density at radius 3 is 2.38 bits per heavy atom. The van der Waals surface area contributed by atoms with Crippen LogP contribution in [0.25, 0.3) is 0 Å². The van der Waals surface area contributed by atoms with E-state index in [9.17, 15) is 18.0 Å². The van der Waals surface area contributed by atoms with Gasteiger partial charge in [-0.2, -0.15) is 0 Å². The Labute approximate surface area is 170 Å². The zero-order chi connectivity index (χ0) is 20.4. The van der Waals surface area contributed by atoms with Crippen molar-refractivity contribution in [2.45, 2.75) is 43.6 Å². The molecule has 1 fully saturated rings. The molecule has 2 heterocycles. The van der Waals surface area contributed by atoms with Crippen molar-refractivity contribution in [2.24, 2.45) is 0 Å². The molecule has 1 amide bonds. The lowest BCUT2D eigenvalue weighted by molar-refractivity contribution is 0.0946. The molecule has 3 unspecified atom stereocenters. The molecule has 152 valence electrons. The summed E-state index contributed by atoms with van der Waals surface area (Å²) in [7, 11) is -3.27. The Kier molecular flexibility index (Phi) is 5.41. The average Bonchev–Trinajstić information content (AvgIpc) is 3.06. The van der Waals surface area contributed by atoms with E-state index in [0.717, 1.165) is 30.4 Å². The van der Waals surface area contributed by atoms with Crippen molar-refractivity contribution in [1.82, 2.24) is 10.3 Å². The molecule has 2 aromatic rings. The van der Waals surface area contributed by atoms with E-state index >= 15 is 0 Å². The molecule has 2 aliphatic rings. The number of carbonyl (C=O) groups is 1. The van der Waals surface area contributed by atoms with Gasteiger partial charge < -0.3 is 10.3 Å². The van der Waals surface area contributed by atoms with Gasteiger partial charge in [0.25, 0.3) is 11.5 Å². The SMILES string of the molecule is O=C(NC1C=CS(=O)(=O)C1)c1ccc(C2CCCCC2c2ccccc2)[nH]c1=O. The van der Waals surface area contributed by atoms with E-state index in [2.05, 4.69) is 22.4 Å². The second kappa shape index (κ2) is 7.99. The molecule has 1 saturated carbocycles. The topological polar surface area (TPSA) is 96.1 Å². The first-order valence-electron chi connectivity index (χ1n) is 9.93. The zero-order valence-corrected chi connectivity index (χ0v) is 16.8. The molecule has 6 nitrogen and oxygen atoms in total. The van der Waals surface area contributed by atoms with Crippen molar-refractivity contribution in [3.63, 3.8) is 0 Å². The van der Waals surface area contributed by atoms with Gasteiger partial charge in [-0.1, -0.05) is 43.2 Å². The number of carbonyl (C=O) groups excluding carboxylic acids is 1. The van der Waals surface area contributed by atoms with Crippen molar-refractivity contribution in [3.05, 3.63) is 81.1 Å². The highest BCUT2D eigenvalue weighted by Crippen LogP contribution is 2.43. The molecule has 0 bridgehead atoms. The lowest BCUT2D eigenvalue weighted by Crippen LogP contribution is -2.38. The predicted octanol–water partition coefficient (Wildman–Crippen LogP) is 2.86. The van der Waals surface area contributed by atoms with Gasteiger partial charge in [0.2, 0.25) is 0 Å². The van der Waals surface area contributed by atoms with E-state index in [1.54, 1.807) is 6.07 Å². The number of benzene rings is 1. The molecule has 1 aliphatic carbocycles. The predicted molar refractivity (Wildman–Crippen MR) is 112 cm³/mol. The van der Waals surface area contributed by atoms with Gasteiger partial charge in [-0.3, -0.25) is 9.59 Å². The summed E-state index contributed by atoms with van der Waals surface area (Å²) < 4.78 is 23.0. The zero-order valence-electron chi connectivity index (χ0n) is 16.0. The molecule has 3 atom stereocenters. The van der Waals surface area contributed by atoms with Crippen molar-refractivity contribution in [1.29, 1.82) is 0 Å². The number of hydrogen-bond donors (Lipinski definition) is 2. The Hall–Kier alpha value is -2.67. The summed E-state index contributed by atoms with van der Waals surface area (Å²) in [6.07, 6.45) is 5.77. The van der Waals surface area contributed by atoms with Crippen LogP contribution in [0.2, 0.25) is 0 Å². The maximum Gasteiger partial charge on any atom is 0.261 e. The second-order valence-electron chi connectivity index (χ2n) is 7.80. The van der Waals surface area contributed by atoms with Crippen LogP contribution in [0.5, 0.6) is 0 Å². The van der Waals surface area contributed by atoms with E-state index in [1.165, 1.54) is 18.1 Å². The summed E-state index contributed by atoms with van der Waals surface area (Å²) >= 11 is 0. The summed E-state index contributed by atoms with van der Waals surface area (Å²) in [6, 6.07) is 13.1. The van der Waals surface area contributed by atoms with Crippen LogP contribution in [-0.4, -0.2) is 31.1 Å². The fraction of sp³-hybridized carbons (Fsp3) is 0.364. The largest absolute Gasteiger partial charge is 0.345 e. The molecule has 1 aromatic heterocycles. The van der Waals surface area contributed by atoms with Crippen molar-refractivity contribution in [2.75, 3.05) is 5.75 Å². The molecule has 2 N–H and O–H groups in total. The first kappa shape index (κ1) is 19.6. The number of amides is 1. The summed E-state index contributed by atoms with van der Waals surface area (Å²) in [5.41, 5.74) is 1.68. The van der Waals surface area contributed by atoms with Gasteiger partial charge in [-0.25, -0.2) is 8.42 Å². The van der Waals surface area contributed by atoms with E-state index < -0.39 is 27.3 Å². The molecule has 0 spiro atoms. The fourth-order valence-corrected chi connectivity index (χ4v) is 5.63. The van der Waals surface area contributed by atoms with E-state index in [0.29, 0.717) is 5.92 Å². The van der Waals surface area contributed by atoms with Gasteiger partial charge in [-0.15, -0.1) is 0 Å². The Bertz CT molecular complexity index is 1090. The molecular weight excluding hydrogens is 388 g/mol. The van der Waals surface area contributed by atoms with E-state index in [4.69, 9.17) is 0 Å². The first-order chi connectivity index (χ1) is 13.9. The third-order valence-corrected chi connectivity index (χ3v) is 7.21. The van der Waals surface area contributed by atoms with E-state index in [1.807, 2.05) is 24.3 Å². The number of nitrogens with one attached hydrogen (secondary N) is 2. The maximum atomic E-state index is 12.6. The summed E-state index contributed by atoms with van der Waals surface area (Å²) in [4.78, 5) is 28.0. The quantitative estimate of drug-likeness (QED) is 0.807. The number of rotatable bonds is 4. The van der Waals surface area contributed by atoms with Crippen LogP contribution in [-0.2, 0) is 9.84 Å². The monoisotopic (exact) mass is 412 g/mol. The smallest absolute Gasteiger partial charge is 0.261 e. The van der Waals surface area contributed by atoms with Crippen molar-refractivity contribution in [3.8, 4) is 0 Å². The summed E-state index contributed by atoms with van der Waals surface area (Å²) in [5, 5.41) is 3.70. The molecular formula is C22H24N2O4S.